The lowest BCUT2D eigenvalue weighted by Gasteiger charge is -2.05. The molecule has 0 amide bonds. The number of ketones is 1. The molecule has 0 unspecified atom stereocenters. The maximum atomic E-state index is 13.5. The van der Waals surface area contributed by atoms with E-state index in [1.165, 1.54) is 16.9 Å². The van der Waals surface area contributed by atoms with Gasteiger partial charge in [-0.25, -0.2) is 0 Å². The number of nitrogens with zero attached hydrogens (tertiary/aromatic N) is 1. The van der Waals surface area contributed by atoms with Crippen LogP contribution in [0.3, 0.4) is 0 Å². The normalized spacial score (nSPS) is 10.3. The van der Waals surface area contributed by atoms with Crippen molar-refractivity contribution in [1.82, 2.24) is 0 Å². The van der Waals surface area contributed by atoms with E-state index in [2.05, 4.69) is 19.9 Å². The average Bonchev–Trinajstić information content (AvgIpc) is 3.12. The molecule has 4 nitrogen and oxygen atoms in total. The van der Waals surface area contributed by atoms with Crippen molar-refractivity contribution in [3.05, 3.63) is 88.1 Å². The summed E-state index contributed by atoms with van der Waals surface area (Å²) in [6, 6.07) is 13.3. The number of thiophene rings is 1. The molecule has 3 aromatic rings. The fraction of sp³-hybridized carbons (Fsp3) is 0.269. The third-order valence-electron chi connectivity index (χ3n) is 4.78. The maximum absolute atomic E-state index is 13.5. The molecule has 7 heteroatoms. The highest BCUT2D eigenvalue weighted by Gasteiger charge is 2.31. The Morgan fingerprint density at radius 1 is 1.09 bits per heavy atom. The first kappa shape index (κ1) is 27.3. The van der Waals surface area contributed by atoms with Gasteiger partial charge < -0.3 is 28.7 Å². The van der Waals surface area contributed by atoms with Crippen molar-refractivity contribution in [1.29, 1.82) is 0 Å². The molecule has 33 heavy (non-hydrogen) atoms. The Labute approximate surface area is 221 Å². The number of aryl methyl sites for hydroxylation is 1. The van der Waals surface area contributed by atoms with Gasteiger partial charge >= 0.3 is 5.97 Å². The number of rotatable bonds is 9. The van der Waals surface area contributed by atoms with E-state index in [1.807, 2.05) is 66.3 Å². The molecule has 0 atom stereocenters. The Balaban J connectivity index is 0.00000385. The van der Waals surface area contributed by atoms with Crippen molar-refractivity contribution in [2.75, 3.05) is 12.4 Å². The summed E-state index contributed by atoms with van der Waals surface area (Å²) in [5, 5.41) is 0. The van der Waals surface area contributed by atoms with Crippen LogP contribution in [-0.2, 0) is 16.0 Å². The minimum absolute atomic E-state index is 0. The SMILES string of the molecule is CCOC(=O)Cc1c(C(=O)c2ccccc2)sc(SCC=C(C)C)c1-[n+]1ccc(C)cc1.[I-]. The van der Waals surface area contributed by atoms with E-state index in [1.54, 1.807) is 18.7 Å². The summed E-state index contributed by atoms with van der Waals surface area (Å²) in [5.74, 6) is 0.389. The van der Waals surface area contributed by atoms with Gasteiger partial charge in [-0.05, 0) is 33.3 Å². The number of ether oxygens (including phenoxy) is 1. The van der Waals surface area contributed by atoms with Crippen molar-refractivity contribution in [2.45, 2.75) is 38.3 Å². The fourth-order valence-corrected chi connectivity index (χ4v) is 5.79. The molecule has 2 aromatic heterocycles. The van der Waals surface area contributed by atoms with Gasteiger partial charge in [0.2, 0.25) is 11.5 Å². The summed E-state index contributed by atoms with van der Waals surface area (Å²) >= 11 is 3.13. The Bertz CT molecular complexity index is 1120. The molecule has 0 fully saturated rings. The first-order chi connectivity index (χ1) is 15.4. The number of hydrogen-bond donors (Lipinski definition) is 0. The lowest BCUT2D eigenvalue weighted by Crippen LogP contribution is -3.00. The van der Waals surface area contributed by atoms with Crippen molar-refractivity contribution in [3.8, 4) is 5.69 Å². The van der Waals surface area contributed by atoms with Crippen LogP contribution in [0.4, 0.5) is 0 Å². The molecule has 2 heterocycles. The van der Waals surface area contributed by atoms with E-state index in [-0.39, 0.29) is 42.2 Å². The summed E-state index contributed by atoms with van der Waals surface area (Å²) < 4.78 is 8.26. The van der Waals surface area contributed by atoms with Gasteiger partial charge in [0, 0.05) is 23.4 Å². The minimum Gasteiger partial charge on any atom is -1.00 e. The second kappa shape index (κ2) is 13.1. The largest absolute Gasteiger partial charge is 1.00 e. The minimum atomic E-state index is -0.331. The van der Waals surface area contributed by atoms with E-state index in [0.717, 1.165) is 26.8 Å². The summed E-state index contributed by atoms with van der Waals surface area (Å²) in [6.07, 6.45) is 6.18. The maximum Gasteiger partial charge on any atom is 0.310 e. The summed E-state index contributed by atoms with van der Waals surface area (Å²) in [7, 11) is 0. The highest BCUT2D eigenvalue weighted by atomic mass is 127. The van der Waals surface area contributed by atoms with Crippen molar-refractivity contribution in [3.63, 3.8) is 0 Å². The second-order valence-corrected chi connectivity index (χ2v) is 9.91. The van der Waals surface area contributed by atoms with Crippen LogP contribution in [-0.4, -0.2) is 24.1 Å². The molecule has 0 aliphatic carbocycles. The molecule has 0 aliphatic rings. The van der Waals surface area contributed by atoms with E-state index < -0.39 is 0 Å². The van der Waals surface area contributed by atoms with E-state index in [9.17, 15) is 9.59 Å². The van der Waals surface area contributed by atoms with Gasteiger partial charge in [-0.2, -0.15) is 4.57 Å². The zero-order valence-corrected chi connectivity index (χ0v) is 23.1. The highest BCUT2D eigenvalue weighted by molar-refractivity contribution is 8.01. The number of allylic oxidation sites excluding steroid dienone is 1. The zero-order valence-electron chi connectivity index (χ0n) is 19.3. The number of thioether (sulfide) groups is 1. The van der Waals surface area contributed by atoms with Gasteiger partial charge in [0.25, 0.3) is 0 Å². The van der Waals surface area contributed by atoms with Crippen LogP contribution in [0, 0.1) is 6.92 Å². The van der Waals surface area contributed by atoms with Gasteiger partial charge in [-0.1, -0.05) is 42.0 Å². The number of carbonyl (C=O) groups excluding carboxylic acids is 2. The molecular formula is C26H28INO3S2. The van der Waals surface area contributed by atoms with E-state index in [4.69, 9.17) is 4.74 Å². The molecular weight excluding hydrogens is 565 g/mol. The number of hydrogen-bond acceptors (Lipinski definition) is 5. The van der Waals surface area contributed by atoms with Gasteiger partial charge in [-0.3, -0.25) is 9.59 Å². The van der Waals surface area contributed by atoms with Crippen LogP contribution < -0.4 is 28.5 Å². The zero-order chi connectivity index (χ0) is 23.1. The quantitative estimate of drug-likeness (QED) is 0.0957. The third kappa shape index (κ3) is 7.25. The van der Waals surface area contributed by atoms with Gasteiger partial charge in [0.1, 0.15) is 4.21 Å². The van der Waals surface area contributed by atoms with Gasteiger partial charge in [0.15, 0.2) is 12.4 Å². The molecule has 0 N–H and O–H groups in total. The van der Waals surface area contributed by atoms with Crippen molar-refractivity contribution in [2.24, 2.45) is 0 Å². The fourth-order valence-electron chi connectivity index (χ4n) is 3.15. The van der Waals surface area contributed by atoms with Crippen LogP contribution in [0.25, 0.3) is 5.69 Å². The van der Waals surface area contributed by atoms with Crippen LogP contribution in [0.15, 0.2) is 70.7 Å². The number of carbonyl (C=O) groups is 2. The molecule has 0 spiro atoms. The van der Waals surface area contributed by atoms with Crippen LogP contribution >= 0.6 is 23.1 Å². The molecule has 3 rings (SSSR count). The number of aromatic nitrogens is 1. The van der Waals surface area contributed by atoms with Crippen molar-refractivity contribution >= 4 is 34.9 Å². The Kier molecular flexibility index (Phi) is 10.8. The summed E-state index contributed by atoms with van der Waals surface area (Å²) in [4.78, 5) is 26.6. The Hall–Kier alpha value is -1.97. The summed E-state index contributed by atoms with van der Waals surface area (Å²) in [5.41, 5.74) is 4.60. The lowest BCUT2D eigenvalue weighted by molar-refractivity contribution is -0.598. The molecule has 0 aliphatic heterocycles. The molecule has 0 saturated heterocycles. The van der Waals surface area contributed by atoms with Gasteiger partial charge in [-0.15, -0.1) is 23.1 Å². The van der Waals surface area contributed by atoms with Gasteiger partial charge in [0.05, 0.1) is 23.5 Å². The van der Waals surface area contributed by atoms with Crippen LogP contribution in [0.1, 0.15) is 47.1 Å². The Morgan fingerprint density at radius 3 is 2.36 bits per heavy atom. The monoisotopic (exact) mass is 593 g/mol. The number of pyridine rings is 1. The third-order valence-corrected chi connectivity index (χ3v) is 7.18. The van der Waals surface area contributed by atoms with E-state index in [0.29, 0.717) is 17.0 Å². The standard InChI is InChI=1S/C26H28NO3S2.HI/c1-5-30-22(28)17-21-23(27-14-11-19(4)12-15-27)26(31-16-13-18(2)3)32-25(21)24(29)20-9-7-6-8-10-20;/h6-15H,5,16-17H2,1-4H3;1H/q+1;/p-1. The smallest absolute Gasteiger partial charge is 0.310 e. The van der Waals surface area contributed by atoms with Crippen LogP contribution in [0.5, 0.6) is 0 Å². The number of halogens is 1. The predicted molar refractivity (Wildman–Crippen MR) is 131 cm³/mol. The number of esters is 1. The highest BCUT2D eigenvalue weighted by Crippen LogP contribution is 2.38. The lowest BCUT2D eigenvalue weighted by atomic mass is 10.0. The van der Waals surface area contributed by atoms with E-state index >= 15 is 0 Å². The topological polar surface area (TPSA) is 47.3 Å². The average molecular weight is 594 g/mol. The molecule has 0 radical (unpaired) electrons. The van der Waals surface area contributed by atoms with Crippen molar-refractivity contribution < 1.29 is 42.9 Å². The molecule has 0 saturated carbocycles. The molecule has 174 valence electrons. The Morgan fingerprint density at radius 2 is 1.76 bits per heavy atom. The first-order valence-corrected chi connectivity index (χ1v) is 12.4. The second-order valence-electron chi connectivity index (χ2n) is 7.60. The number of benzene rings is 1. The predicted octanol–water partition coefficient (Wildman–Crippen LogP) is 2.73. The first-order valence-electron chi connectivity index (χ1n) is 10.6. The molecule has 0 bridgehead atoms. The summed E-state index contributed by atoms with van der Waals surface area (Å²) in [6.45, 7) is 8.27. The van der Waals surface area contributed by atoms with Crippen LogP contribution in [0.2, 0.25) is 0 Å². The molecule has 1 aromatic carbocycles.